The maximum atomic E-state index is 13.2. The van der Waals surface area contributed by atoms with Crippen LogP contribution in [0.1, 0.15) is 13.8 Å². The summed E-state index contributed by atoms with van der Waals surface area (Å²) in [5.74, 6) is -2.08. The Morgan fingerprint density at radius 1 is 1.08 bits per heavy atom. The molecule has 130 valence electrons. The van der Waals surface area contributed by atoms with Crippen molar-refractivity contribution in [3.63, 3.8) is 0 Å². The van der Waals surface area contributed by atoms with Gasteiger partial charge in [-0.1, -0.05) is 0 Å². The monoisotopic (exact) mass is 359 g/mol. The molecule has 24 heavy (non-hydrogen) atoms. The normalized spacial score (nSPS) is 11.2. The second-order valence-corrected chi connectivity index (χ2v) is 6.13. The minimum atomic E-state index is -4.26. The van der Waals surface area contributed by atoms with Crippen molar-refractivity contribution in [3.05, 3.63) is 36.0 Å². The topological polar surface area (TPSA) is 90.4 Å². The van der Waals surface area contributed by atoms with Gasteiger partial charge in [-0.3, -0.25) is 4.72 Å². The van der Waals surface area contributed by atoms with E-state index in [1.807, 2.05) is 0 Å². The van der Waals surface area contributed by atoms with Crippen LogP contribution in [0.15, 0.2) is 29.3 Å². The van der Waals surface area contributed by atoms with Gasteiger partial charge in [-0.15, -0.1) is 0 Å². The molecule has 0 spiro atoms. The molecule has 0 aliphatic rings. The summed E-state index contributed by atoms with van der Waals surface area (Å²) in [4.78, 5) is 7.20. The highest BCUT2D eigenvalue weighted by atomic mass is 32.2. The highest BCUT2D eigenvalue weighted by Crippen LogP contribution is 2.26. The third-order valence-corrected chi connectivity index (χ3v) is 4.02. The summed E-state index contributed by atoms with van der Waals surface area (Å²) in [5, 5.41) is 0. The molecule has 0 bridgehead atoms. The van der Waals surface area contributed by atoms with Crippen molar-refractivity contribution in [2.75, 3.05) is 17.9 Å². The van der Waals surface area contributed by atoms with E-state index in [2.05, 4.69) is 14.7 Å². The van der Waals surface area contributed by atoms with Crippen LogP contribution in [-0.2, 0) is 10.0 Å². The van der Waals surface area contributed by atoms with Crippen LogP contribution >= 0.6 is 0 Å². The summed E-state index contributed by atoms with van der Waals surface area (Å²) < 4.78 is 63.6. The molecule has 0 aliphatic carbocycles. The van der Waals surface area contributed by atoms with Crippen molar-refractivity contribution in [3.8, 4) is 11.9 Å². The molecule has 0 atom stereocenters. The number of halogens is 2. The molecule has 7 nitrogen and oxygen atoms in total. The quantitative estimate of drug-likeness (QED) is 0.816. The van der Waals surface area contributed by atoms with E-state index >= 15 is 0 Å². The highest BCUT2D eigenvalue weighted by molar-refractivity contribution is 7.92. The van der Waals surface area contributed by atoms with Gasteiger partial charge in [0.05, 0.1) is 24.3 Å². The summed E-state index contributed by atoms with van der Waals surface area (Å²) in [6.07, 6.45) is 1.15. The van der Waals surface area contributed by atoms with Crippen LogP contribution < -0.4 is 14.2 Å². The van der Waals surface area contributed by atoms with Crippen molar-refractivity contribution >= 4 is 15.7 Å². The number of nitrogens with one attached hydrogen (secondary N) is 1. The standard InChI is InChI=1S/C14H15F2N3O4S/c1-3-22-13-12(8-17-14(18-13)23-4-2)19-24(20,21)11-6-9(15)5-10(16)7-11/h5-8,19H,3-4H2,1-2H3. The molecule has 0 radical (unpaired) electrons. The molecule has 1 aromatic heterocycles. The number of aromatic nitrogens is 2. The third kappa shape index (κ3) is 4.28. The second-order valence-electron chi connectivity index (χ2n) is 4.45. The fraction of sp³-hybridized carbons (Fsp3) is 0.286. The van der Waals surface area contributed by atoms with Crippen LogP contribution in [0.3, 0.4) is 0 Å². The highest BCUT2D eigenvalue weighted by Gasteiger charge is 2.20. The number of ether oxygens (including phenoxy) is 2. The zero-order chi connectivity index (χ0) is 17.7. The number of sulfonamides is 1. The Balaban J connectivity index is 2.37. The van der Waals surface area contributed by atoms with Gasteiger partial charge < -0.3 is 9.47 Å². The third-order valence-electron chi connectivity index (χ3n) is 2.68. The molecule has 1 heterocycles. The van der Waals surface area contributed by atoms with Gasteiger partial charge >= 0.3 is 6.01 Å². The van der Waals surface area contributed by atoms with Crippen LogP contribution in [0.5, 0.6) is 11.9 Å². The van der Waals surface area contributed by atoms with E-state index in [0.717, 1.165) is 6.20 Å². The van der Waals surface area contributed by atoms with E-state index in [9.17, 15) is 17.2 Å². The lowest BCUT2D eigenvalue weighted by Gasteiger charge is -2.12. The number of rotatable bonds is 7. The van der Waals surface area contributed by atoms with E-state index in [1.165, 1.54) is 0 Å². The molecular weight excluding hydrogens is 344 g/mol. The largest absolute Gasteiger partial charge is 0.476 e. The Morgan fingerprint density at radius 3 is 2.29 bits per heavy atom. The lowest BCUT2D eigenvalue weighted by atomic mass is 10.3. The van der Waals surface area contributed by atoms with Crippen molar-refractivity contribution in [2.24, 2.45) is 0 Å². The van der Waals surface area contributed by atoms with E-state index in [1.54, 1.807) is 13.8 Å². The summed E-state index contributed by atoms with van der Waals surface area (Å²) >= 11 is 0. The van der Waals surface area contributed by atoms with E-state index in [0.29, 0.717) is 24.8 Å². The molecular formula is C14H15F2N3O4S. The smallest absolute Gasteiger partial charge is 0.319 e. The van der Waals surface area contributed by atoms with Crippen molar-refractivity contribution in [2.45, 2.75) is 18.7 Å². The Hall–Kier alpha value is -2.49. The molecule has 1 N–H and O–H groups in total. The van der Waals surface area contributed by atoms with Gasteiger partial charge in [0.2, 0.25) is 5.88 Å². The average Bonchev–Trinajstić information content (AvgIpc) is 2.49. The SMILES string of the molecule is CCOc1ncc(NS(=O)(=O)c2cc(F)cc(F)c2)c(OCC)n1. The summed E-state index contributed by atoms with van der Waals surface area (Å²) in [5.41, 5.74) is -0.0787. The van der Waals surface area contributed by atoms with E-state index in [-0.39, 0.29) is 24.2 Å². The Labute approximate surface area is 137 Å². The molecule has 0 saturated heterocycles. The van der Waals surface area contributed by atoms with Crippen LogP contribution in [0, 0.1) is 11.6 Å². The number of hydrogen-bond donors (Lipinski definition) is 1. The van der Waals surface area contributed by atoms with E-state index < -0.39 is 26.6 Å². The molecule has 2 rings (SSSR count). The van der Waals surface area contributed by atoms with Crippen LogP contribution in [-0.4, -0.2) is 31.6 Å². The molecule has 0 fully saturated rings. The van der Waals surface area contributed by atoms with Gasteiger partial charge in [-0.25, -0.2) is 22.2 Å². The van der Waals surface area contributed by atoms with Gasteiger partial charge in [0, 0.05) is 6.07 Å². The Kier molecular flexibility index (Phi) is 5.50. The van der Waals surface area contributed by atoms with Crippen molar-refractivity contribution in [1.29, 1.82) is 0 Å². The fourth-order valence-corrected chi connectivity index (χ4v) is 2.84. The first-order valence-corrected chi connectivity index (χ1v) is 8.45. The van der Waals surface area contributed by atoms with Gasteiger partial charge in [-0.05, 0) is 26.0 Å². The molecule has 2 aromatic rings. The van der Waals surface area contributed by atoms with Gasteiger partial charge in [-0.2, -0.15) is 4.98 Å². The second kappa shape index (κ2) is 7.39. The summed E-state index contributed by atoms with van der Waals surface area (Å²) in [7, 11) is -4.26. The first-order chi connectivity index (χ1) is 11.4. The Bertz CT molecular complexity index is 811. The van der Waals surface area contributed by atoms with Gasteiger partial charge in [0.15, 0.2) is 0 Å². The summed E-state index contributed by atoms with van der Waals surface area (Å²) in [6.45, 7) is 3.95. The van der Waals surface area contributed by atoms with Gasteiger partial charge in [0.1, 0.15) is 17.3 Å². The van der Waals surface area contributed by atoms with Crippen LogP contribution in [0.4, 0.5) is 14.5 Å². The number of benzene rings is 1. The molecule has 1 aromatic carbocycles. The molecule has 0 unspecified atom stereocenters. The lowest BCUT2D eigenvalue weighted by molar-refractivity contribution is 0.290. The van der Waals surface area contributed by atoms with Gasteiger partial charge in [0.25, 0.3) is 10.0 Å². The zero-order valence-electron chi connectivity index (χ0n) is 12.9. The minimum Gasteiger partial charge on any atom is -0.476 e. The Morgan fingerprint density at radius 2 is 1.71 bits per heavy atom. The predicted octanol–water partition coefficient (Wildman–Crippen LogP) is 2.35. The molecule has 10 heteroatoms. The molecule has 0 amide bonds. The number of nitrogens with zero attached hydrogens (tertiary/aromatic N) is 2. The maximum Gasteiger partial charge on any atom is 0.319 e. The number of anilines is 1. The van der Waals surface area contributed by atoms with Crippen LogP contribution in [0.2, 0.25) is 0 Å². The van der Waals surface area contributed by atoms with Crippen LogP contribution in [0.25, 0.3) is 0 Å². The first-order valence-electron chi connectivity index (χ1n) is 6.97. The number of hydrogen-bond acceptors (Lipinski definition) is 6. The first kappa shape index (κ1) is 17.9. The molecule has 0 aliphatic heterocycles. The fourth-order valence-electron chi connectivity index (χ4n) is 1.75. The zero-order valence-corrected chi connectivity index (χ0v) is 13.7. The minimum absolute atomic E-state index is 0.0145. The molecule has 0 saturated carbocycles. The maximum absolute atomic E-state index is 13.2. The van der Waals surface area contributed by atoms with E-state index in [4.69, 9.17) is 9.47 Å². The summed E-state index contributed by atoms with van der Waals surface area (Å²) in [6, 6.07) is 1.98. The predicted molar refractivity (Wildman–Crippen MR) is 81.5 cm³/mol. The van der Waals surface area contributed by atoms with Crippen molar-refractivity contribution in [1.82, 2.24) is 9.97 Å². The average molecular weight is 359 g/mol. The lowest BCUT2D eigenvalue weighted by Crippen LogP contribution is -2.15. The van der Waals surface area contributed by atoms with Crippen molar-refractivity contribution < 1.29 is 26.7 Å².